The van der Waals surface area contributed by atoms with E-state index in [-0.39, 0.29) is 17.7 Å². The van der Waals surface area contributed by atoms with Crippen molar-refractivity contribution in [2.45, 2.75) is 25.4 Å². The van der Waals surface area contributed by atoms with E-state index in [4.69, 9.17) is 5.73 Å². The smallest absolute Gasteiger partial charge is 0.239 e. The zero-order chi connectivity index (χ0) is 10.9. The molecular weight excluding hydrogens is 204 g/mol. The number of carbonyl (C=O) groups is 1. The van der Waals surface area contributed by atoms with E-state index in [1.165, 1.54) is 6.26 Å². The van der Waals surface area contributed by atoms with Crippen molar-refractivity contribution < 1.29 is 13.2 Å². The molecule has 0 aliphatic carbocycles. The van der Waals surface area contributed by atoms with Gasteiger partial charge in [-0.25, -0.2) is 8.42 Å². The minimum Gasteiger partial charge on any atom is -0.338 e. The van der Waals surface area contributed by atoms with Gasteiger partial charge in [-0.05, 0) is 13.3 Å². The van der Waals surface area contributed by atoms with Crippen LogP contribution < -0.4 is 5.73 Å². The van der Waals surface area contributed by atoms with Crippen LogP contribution in [0.5, 0.6) is 0 Å². The molecule has 2 N–H and O–H groups in total. The zero-order valence-corrected chi connectivity index (χ0v) is 9.25. The Morgan fingerprint density at radius 1 is 1.64 bits per heavy atom. The minimum atomic E-state index is -3.04. The largest absolute Gasteiger partial charge is 0.338 e. The van der Waals surface area contributed by atoms with Crippen molar-refractivity contribution in [2.75, 3.05) is 18.6 Å². The van der Waals surface area contributed by atoms with Gasteiger partial charge in [0.05, 0.1) is 11.8 Å². The van der Waals surface area contributed by atoms with Crippen molar-refractivity contribution in [3.05, 3.63) is 0 Å². The lowest BCUT2D eigenvalue weighted by molar-refractivity contribution is -0.130. The molecule has 2 atom stereocenters. The maximum Gasteiger partial charge on any atom is 0.239 e. The van der Waals surface area contributed by atoms with E-state index in [2.05, 4.69) is 0 Å². The van der Waals surface area contributed by atoms with Gasteiger partial charge < -0.3 is 10.6 Å². The van der Waals surface area contributed by atoms with Gasteiger partial charge in [0, 0.05) is 18.8 Å². The Morgan fingerprint density at radius 3 is 2.57 bits per heavy atom. The summed E-state index contributed by atoms with van der Waals surface area (Å²) in [5.41, 5.74) is 5.53. The molecule has 0 saturated carbocycles. The molecule has 0 aromatic rings. The van der Waals surface area contributed by atoms with Crippen molar-refractivity contribution in [2.24, 2.45) is 5.73 Å². The topological polar surface area (TPSA) is 80.5 Å². The second-order valence-electron chi connectivity index (χ2n) is 3.87. The van der Waals surface area contributed by atoms with E-state index >= 15 is 0 Å². The summed E-state index contributed by atoms with van der Waals surface area (Å²) in [5.74, 6) is -0.132. The SMILES string of the molecule is CC(CS(C)(=O)=O)N1CCC(N)C1=O. The molecule has 1 amide bonds. The average molecular weight is 220 g/mol. The summed E-state index contributed by atoms with van der Waals surface area (Å²) >= 11 is 0. The fourth-order valence-corrected chi connectivity index (χ4v) is 2.75. The molecule has 1 aliphatic heterocycles. The lowest BCUT2D eigenvalue weighted by atomic mass is 10.3. The number of carbonyl (C=O) groups excluding carboxylic acids is 1. The number of likely N-dealkylation sites (tertiary alicyclic amines) is 1. The van der Waals surface area contributed by atoms with E-state index in [0.717, 1.165) is 0 Å². The third-order valence-electron chi connectivity index (χ3n) is 2.36. The standard InChI is InChI=1S/C8H16N2O3S/c1-6(5-14(2,12)13)10-4-3-7(9)8(10)11/h6-7H,3-5,9H2,1-2H3. The summed E-state index contributed by atoms with van der Waals surface area (Å²) in [5, 5.41) is 0. The Morgan fingerprint density at radius 2 is 2.21 bits per heavy atom. The fraction of sp³-hybridized carbons (Fsp3) is 0.875. The monoisotopic (exact) mass is 220 g/mol. The molecule has 1 fully saturated rings. The van der Waals surface area contributed by atoms with Crippen molar-refractivity contribution >= 4 is 15.7 Å². The van der Waals surface area contributed by atoms with Crippen LogP contribution in [0.25, 0.3) is 0 Å². The summed E-state index contributed by atoms with van der Waals surface area (Å²) in [6.45, 7) is 2.30. The maximum absolute atomic E-state index is 11.4. The van der Waals surface area contributed by atoms with Crippen LogP contribution in [0.3, 0.4) is 0 Å². The minimum absolute atomic E-state index is 0.00542. The summed E-state index contributed by atoms with van der Waals surface area (Å²) < 4.78 is 22.0. The quantitative estimate of drug-likeness (QED) is 0.660. The summed E-state index contributed by atoms with van der Waals surface area (Å²) in [6, 6.07) is -0.719. The van der Waals surface area contributed by atoms with Crippen LogP contribution in [0, 0.1) is 0 Å². The Labute approximate surface area is 84.2 Å². The van der Waals surface area contributed by atoms with Gasteiger partial charge >= 0.3 is 0 Å². The molecule has 14 heavy (non-hydrogen) atoms. The molecule has 0 radical (unpaired) electrons. The molecule has 0 bridgehead atoms. The van der Waals surface area contributed by atoms with Crippen molar-refractivity contribution in [1.29, 1.82) is 0 Å². The summed E-state index contributed by atoms with van der Waals surface area (Å²) in [4.78, 5) is 13.0. The molecule has 1 aliphatic rings. The molecule has 1 rings (SSSR count). The van der Waals surface area contributed by atoms with Gasteiger partial charge in [-0.1, -0.05) is 0 Å². The first kappa shape index (κ1) is 11.5. The van der Waals surface area contributed by atoms with Gasteiger partial charge in [0.2, 0.25) is 5.91 Å². The lowest BCUT2D eigenvalue weighted by Gasteiger charge is -2.23. The van der Waals surface area contributed by atoms with Crippen molar-refractivity contribution in [1.82, 2.24) is 4.90 Å². The molecule has 1 heterocycles. The Kier molecular flexibility index (Phi) is 3.16. The third kappa shape index (κ3) is 2.68. The van der Waals surface area contributed by atoms with Crippen LogP contribution in [-0.4, -0.2) is 49.9 Å². The normalized spacial score (nSPS) is 25.5. The molecule has 0 aromatic heterocycles. The highest BCUT2D eigenvalue weighted by Crippen LogP contribution is 2.13. The predicted molar refractivity (Wildman–Crippen MR) is 53.5 cm³/mol. The van der Waals surface area contributed by atoms with Gasteiger partial charge in [-0.15, -0.1) is 0 Å². The Balaban J connectivity index is 2.63. The molecule has 0 aromatic carbocycles. The first-order chi connectivity index (χ1) is 6.31. The van der Waals surface area contributed by atoms with E-state index in [1.807, 2.05) is 0 Å². The van der Waals surface area contributed by atoms with Crippen LogP contribution >= 0.6 is 0 Å². The number of hydrogen-bond donors (Lipinski definition) is 1. The van der Waals surface area contributed by atoms with Crippen LogP contribution in [0.15, 0.2) is 0 Å². The van der Waals surface area contributed by atoms with E-state index in [9.17, 15) is 13.2 Å². The van der Waals surface area contributed by atoms with Gasteiger partial charge in [0.1, 0.15) is 9.84 Å². The molecule has 2 unspecified atom stereocenters. The molecule has 0 spiro atoms. The third-order valence-corrected chi connectivity index (χ3v) is 3.45. The van der Waals surface area contributed by atoms with Crippen LogP contribution in [-0.2, 0) is 14.6 Å². The summed E-state index contributed by atoms with van der Waals surface area (Å²) in [6.07, 6.45) is 1.79. The average Bonchev–Trinajstić information content (AvgIpc) is 2.29. The van der Waals surface area contributed by atoms with E-state index in [1.54, 1.807) is 11.8 Å². The number of hydrogen-bond acceptors (Lipinski definition) is 4. The maximum atomic E-state index is 11.4. The molecule has 1 saturated heterocycles. The first-order valence-corrected chi connectivity index (χ1v) is 6.61. The highest BCUT2D eigenvalue weighted by atomic mass is 32.2. The second-order valence-corrected chi connectivity index (χ2v) is 6.05. The van der Waals surface area contributed by atoms with Crippen LogP contribution in [0.2, 0.25) is 0 Å². The lowest BCUT2D eigenvalue weighted by Crippen LogP contribution is -2.42. The molecule has 6 heteroatoms. The Bertz CT molecular complexity index is 325. The van der Waals surface area contributed by atoms with Crippen LogP contribution in [0.1, 0.15) is 13.3 Å². The highest BCUT2D eigenvalue weighted by Gasteiger charge is 2.32. The molecule has 5 nitrogen and oxygen atoms in total. The van der Waals surface area contributed by atoms with Gasteiger partial charge in [0.25, 0.3) is 0 Å². The number of nitrogens with zero attached hydrogens (tertiary/aromatic N) is 1. The second kappa shape index (κ2) is 3.86. The van der Waals surface area contributed by atoms with Gasteiger partial charge in [-0.2, -0.15) is 0 Å². The van der Waals surface area contributed by atoms with Gasteiger partial charge in [-0.3, -0.25) is 4.79 Å². The molecular formula is C8H16N2O3S. The Hall–Kier alpha value is -0.620. The van der Waals surface area contributed by atoms with E-state index < -0.39 is 15.9 Å². The van der Waals surface area contributed by atoms with E-state index in [0.29, 0.717) is 13.0 Å². The predicted octanol–water partition coefficient (Wildman–Crippen LogP) is -1.02. The van der Waals surface area contributed by atoms with Crippen molar-refractivity contribution in [3.8, 4) is 0 Å². The highest BCUT2D eigenvalue weighted by molar-refractivity contribution is 7.90. The first-order valence-electron chi connectivity index (χ1n) is 4.55. The number of nitrogens with two attached hydrogens (primary N) is 1. The molecule has 82 valence electrons. The zero-order valence-electron chi connectivity index (χ0n) is 8.43. The number of rotatable bonds is 3. The van der Waals surface area contributed by atoms with Gasteiger partial charge in [0.15, 0.2) is 0 Å². The van der Waals surface area contributed by atoms with Crippen LogP contribution in [0.4, 0.5) is 0 Å². The van der Waals surface area contributed by atoms with Crippen molar-refractivity contribution in [3.63, 3.8) is 0 Å². The fourth-order valence-electron chi connectivity index (χ4n) is 1.69. The number of amides is 1. The summed E-state index contributed by atoms with van der Waals surface area (Å²) in [7, 11) is -3.04. The number of sulfone groups is 1.